The number of amides is 3. The Morgan fingerprint density at radius 1 is 1.25 bits per heavy atom. The third kappa shape index (κ3) is 3.59. The summed E-state index contributed by atoms with van der Waals surface area (Å²) in [5.74, 6) is -1.91. The number of benzene rings is 1. The summed E-state index contributed by atoms with van der Waals surface area (Å²) < 4.78 is 6.34. The van der Waals surface area contributed by atoms with E-state index in [0.29, 0.717) is 25.8 Å². The van der Waals surface area contributed by atoms with Gasteiger partial charge in [0.1, 0.15) is 11.6 Å². The lowest BCUT2D eigenvalue weighted by atomic mass is 9.70. The van der Waals surface area contributed by atoms with Crippen molar-refractivity contribution >= 4 is 17.7 Å². The topological polar surface area (TPSA) is 108 Å². The molecule has 0 aromatic heterocycles. The molecule has 3 N–H and O–H groups in total. The Kier molecular flexibility index (Phi) is 6.27. The minimum absolute atomic E-state index is 0.220. The summed E-state index contributed by atoms with van der Waals surface area (Å²) in [6.45, 7) is 4.11. The number of aliphatic hydroxyl groups excluding tert-OH is 1. The average Bonchev–Trinajstić information content (AvgIpc) is 3.43. The van der Waals surface area contributed by atoms with Gasteiger partial charge < -0.3 is 25.4 Å². The number of fused-ring (bicyclic) bond motifs is 1. The standard InChI is InChI=1S/C24H33N3O5/c1-14(2)11-16(13-28)27-20(22(30)26-12-15-7-5-4-6-8-15)24-10-9-17(32-24)18(21(29)25-3)19(24)23(27)31/h4-8,14,16-20,28H,9-13H2,1-3H3,(H,25,29)(H,26,30)/t16-,17-,18+,19+,20?,24?/m1/s1. The molecule has 3 heterocycles. The van der Waals surface area contributed by atoms with Crippen molar-refractivity contribution in [2.45, 2.75) is 63.4 Å². The molecule has 0 radical (unpaired) electrons. The van der Waals surface area contributed by atoms with Crippen LogP contribution in [0.2, 0.25) is 0 Å². The largest absolute Gasteiger partial charge is 0.394 e. The van der Waals surface area contributed by atoms with Crippen LogP contribution in [0.4, 0.5) is 0 Å². The highest BCUT2D eigenvalue weighted by molar-refractivity contribution is 5.99. The van der Waals surface area contributed by atoms with Gasteiger partial charge in [-0.05, 0) is 30.7 Å². The molecule has 8 nitrogen and oxygen atoms in total. The van der Waals surface area contributed by atoms with E-state index in [-0.39, 0.29) is 36.4 Å². The Labute approximate surface area is 188 Å². The van der Waals surface area contributed by atoms with Crippen molar-refractivity contribution in [2.24, 2.45) is 17.8 Å². The number of nitrogens with zero attached hydrogens (tertiary/aromatic N) is 1. The fourth-order valence-electron chi connectivity index (χ4n) is 5.95. The minimum Gasteiger partial charge on any atom is -0.394 e. The fraction of sp³-hybridized carbons (Fsp3) is 0.625. The normalized spacial score (nSPS) is 31.7. The van der Waals surface area contributed by atoms with Crippen molar-refractivity contribution in [3.05, 3.63) is 35.9 Å². The van der Waals surface area contributed by atoms with E-state index in [1.165, 1.54) is 4.90 Å². The number of rotatable bonds is 8. The van der Waals surface area contributed by atoms with Crippen molar-refractivity contribution in [3.8, 4) is 0 Å². The number of hydrogen-bond donors (Lipinski definition) is 3. The second-order valence-electron chi connectivity index (χ2n) is 9.59. The number of carbonyl (C=O) groups is 3. The number of carbonyl (C=O) groups excluding carboxylic acids is 3. The van der Waals surface area contributed by atoms with Crippen LogP contribution in [0.3, 0.4) is 0 Å². The first kappa shape index (κ1) is 22.7. The smallest absolute Gasteiger partial charge is 0.246 e. The van der Waals surface area contributed by atoms with Crippen molar-refractivity contribution in [1.82, 2.24) is 15.5 Å². The van der Waals surface area contributed by atoms with Crippen LogP contribution in [-0.2, 0) is 25.7 Å². The van der Waals surface area contributed by atoms with Crippen molar-refractivity contribution in [1.29, 1.82) is 0 Å². The molecule has 6 atom stereocenters. The van der Waals surface area contributed by atoms with E-state index < -0.39 is 29.5 Å². The summed E-state index contributed by atoms with van der Waals surface area (Å²) in [6, 6.07) is 8.18. The summed E-state index contributed by atoms with van der Waals surface area (Å²) in [5, 5.41) is 15.8. The van der Waals surface area contributed by atoms with Crippen LogP contribution >= 0.6 is 0 Å². The SMILES string of the molecule is CNC(=O)[C@@H]1[C@H]2C(=O)N([C@@H](CO)CC(C)C)C(C(=O)NCc3ccccc3)C23CC[C@H]1O3. The van der Waals surface area contributed by atoms with Crippen molar-refractivity contribution in [2.75, 3.05) is 13.7 Å². The third-order valence-electron chi connectivity index (χ3n) is 7.19. The zero-order valence-corrected chi connectivity index (χ0v) is 18.9. The third-order valence-corrected chi connectivity index (χ3v) is 7.19. The number of aliphatic hydroxyl groups is 1. The van der Waals surface area contributed by atoms with Crippen LogP contribution in [0.15, 0.2) is 30.3 Å². The Morgan fingerprint density at radius 3 is 2.59 bits per heavy atom. The molecule has 2 bridgehead atoms. The van der Waals surface area contributed by atoms with Gasteiger partial charge >= 0.3 is 0 Å². The number of nitrogens with one attached hydrogen (secondary N) is 2. The highest BCUT2D eigenvalue weighted by atomic mass is 16.5. The Hall–Kier alpha value is -2.45. The molecule has 3 saturated heterocycles. The molecule has 1 aromatic carbocycles. The zero-order chi connectivity index (χ0) is 23.0. The summed E-state index contributed by atoms with van der Waals surface area (Å²) in [7, 11) is 1.55. The molecule has 3 fully saturated rings. The van der Waals surface area contributed by atoms with E-state index in [2.05, 4.69) is 10.6 Å². The molecule has 3 amide bonds. The molecule has 2 unspecified atom stereocenters. The first-order valence-electron chi connectivity index (χ1n) is 11.5. The summed E-state index contributed by atoms with van der Waals surface area (Å²) >= 11 is 0. The summed E-state index contributed by atoms with van der Waals surface area (Å²) in [6.07, 6.45) is 1.36. The molecular weight excluding hydrogens is 410 g/mol. The molecule has 4 rings (SSSR count). The van der Waals surface area contributed by atoms with Gasteiger partial charge in [-0.2, -0.15) is 0 Å². The lowest BCUT2D eigenvalue weighted by molar-refractivity contribution is -0.146. The first-order chi connectivity index (χ1) is 15.3. The van der Waals surface area contributed by atoms with Gasteiger partial charge in [-0.25, -0.2) is 0 Å². The lowest BCUT2D eigenvalue weighted by Crippen LogP contribution is -2.58. The van der Waals surface area contributed by atoms with Crippen LogP contribution in [0.5, 0.6) is 0 Å². The van der Waals surface area contributed by atoms with E-state index in [4.69, 9.17) is 4.74 Å². The van der Waals surface area contributed by atoms with E-state index in [1.54, 1.807) is 7.05 Å². The first-order valence-corrected chi connectivity index (χ1v) is 11.5. The van der Waals surface area contributed by atoms with Gasteiger partial charge in [-0.15, -0.1) is 0 Å². The van der Waals surface area contributed by atoms with Crippen LogP contribution < -0.4 is 10.6 Å². The molecule has 174 valence electrons. The maximum Gasteiger partial charge on any atom is 0.246 e. The maximum absolute atomic E-state index is 13.7. The second kappa shape index (κ2) is 8.83. The van der Waals surface area contributed by atoms with E-state index in [9.17, 15) is 19.5 Å². The van der Waals surface area contributed by atoms with Crippen LogP contribution in [0.1, 0.15) is 38.7 Å². The van der Waals surface area contributed by atoms with Gasteiger partial charge in [-0.1, -0.05) is 44.2 Å². The molecular formula is C24H33N3O5. The number of ether oxygens (including phenoxy) is 1. The zero-order valence-electron chi connectivity index (χ0n) is 18.9. The minimum atomic E-state index is -1.04. The quantitative estimate of drug-likeness (QED) is 0.552. The highest BCUT2D eigenvalue weighted by Crippen LogP contribution is 2.58. The van der Waals surface area contributed by atoms with Gasteiger partial charge in [0.25, 0.3) is 0 Å². The summed E-state index contributed by atoms with van der Waals surface area (Å²) in [5.41, 5.74) is -0.0871. The molecule has 0 saturated carbocycles. The molecule has 32 heavy (non-hydrogen) atoms. The van der Waals surface area contributed by atoms with Gasteiger partial charge in [0.15, 0.2) is 0 Å². The molecule has 0 aliphatic carbocycles. The molecule has 1 aromatic rings. The average molecular weight is 444 g/mol. The molecule has 8 heteroatoms. The van der Waals surface area contributed by atoms with Crippen molar-refractivity contribution < 1.29 is 24.2 Å². The highest BCUT2D eigenvalue weighted by Gasteiger charge is 2.74. The number of hydrogen-bond acceptors (Lipinski definition) is 5. The monoisotopic (exact) mass is 443 g/mol. The Balaban J connectivity index is 1.69. The molecule has 3 aliphatic heterocycles. The lowest BCUT2D eigenvalue weighted by Gasteiger charge is -2.37. The van der Waals surface area contributed by atoms with Crippen molar-refractivity contribution in [3.63, 3.8) is 0 Å². The van der Waals surface area contributed by atoms with Crippen LogP contribution in [0, 0.1) is 17.8 Å². The van der Waals surface area contributed by atoms with E-state index in [1.807, 2.05) is 44.2 Å². The van der Waals surface area contributed by atoms with Gasteiger partial charge in [0, 0.05) is 13.6 Å². The van der Waals surface area contributed by atoms with E-state index in [0.717, 1.165) is 5.56 Å². The molecule has 1 spiro atoms. The van der Waals surface area contributed by atoms with Crippen LogP contribution in [0.25, 0.3) is 0 Å². The van der Waals surface area contributed by atoms with Gasteiger partial charge in [0.05, 0.1) is 30.6 Å². The number of likely N-dealkylation sites (tertiary alicyclic amines) is 1. The Bertz CT molecular complexity index is 876. The van der Waals surface area contributed by atoms with Gasteiger partial charge in [0.2, 0.25) is 17.7 Å². The van der Waals surface area contributed by atoms with Crippen LogP contribution in [-0.4, -0.2) is 65.2 Å². The predicted octanol–water partition coefficient (Wildman–Crippen LogP) is 0.830. The van der Waals surface area contributed by atoms with E-state index >= 15 is 0 Å². The summed E-state index contributed by atoms with van der Waals surface area (Å²) in [4.78, 5) is 41.6. The Morgan fingerprint density at radius 2 is 1.97 bits per heavy atom. The molecule has 3 aliphatic rings. The maximum atomic E-state index is 13.7. The fourth-order valence-corrected chi connectivity index (χ4v) is 5.95. The predicted molar refractivity (Wildman–Crippen MR) is 117 cm³/mol. The second-order valence-corrected chi connectivity index (χ2v) is 9.59. The van der Waals surface area contributed by atoms with Gasteiger partial charge in [-0.3, -0.25) is 14.4 Å².